The second kappa shape index (κ2) is 5.48. The lowest BCUT2D eigenvalue weighted by Crippen LogP contribution is -2.31. The number of fused-ring (bicyclic) bond motifs is 1. The fourth-order valence-electron chi connectivity index (χ4n) is 2.50. The summed E-state index contributed by atoms with van der Waals surface area (Å²) in [5.74, 6) is -0.639. The molecule has 20 heavy (non-hydrogen) atoms. The van der Waals surface area contributed by atoms with Crippen LogP contribution < -0.4 is 0 Å². The third kappa shape index (κ3) is 3.06. The molecule has 3 rings (SSSR count). The number of hydrogen-bond donors (Lipinski definition) is 0. The average molecular weight is 294 g/mol. The first kappa shape index (κ1) is 14.1. The molecule has 0 aliphatic carbocycles. The van der Waals surface area contributed by atoms with E-state index >= 15 is 0 Å². The van der Waals surface area contributed by atoms with Crippen molar-refractivity contribution in [1.82, 2.24) is 0 Å². The molecule has 3 atom stereocenters. The smallest absolute Gasteiger partial charge is 0.167 e. The minimum absolute atomic E-state index is 0.0616. The van der Waals surface area contributed by atoms with Crippen LogP contribution in [0.25, 0.3) is 0 Å². The van der Waals surface area contributed by atoms with Crippen LogP contribution in [0.3, 0.4) is 0 Å². The minimum Gasteiger partial charge on any atom is -0.364 e. The molecule has 0 N–H and O–H groups in total. The molecular formula is C15H18O4S. The summed E-state index contributed by atoms with van der Waals surface area (Å²) in [6.07, 6.45) is -0.439. The second-order valence-corrected chi connectivity index (χ2v) is 6.69. The van der Waals surface area contributed by atoms with Gasteiger partial charge in [-0.15, -0.1) is 0 Å². The highest BCUT2D eigenvalue weighted by atomic mass is 32.2. The first-order chi connectivity index (χ1) is 9.53. The molecule has 2 fully saturated rings. The van der Waals surface area contributed by atoms with Gasteiger partial charge in [0.15, 0.2) is 11.6 Å². The Kier molecular flexibility index (Phi) is 3.86. The van der Waals surface area contributed by atoms with Crippen LogP contribution in [0.15, 0.2) is 35.2 Å². The Morgan fingerprint density at radius 3 is 2.70 bits per heavy atom. The Labute approximate surface area is 122 Å². The summed E-state index contributed by atoms with van der Waals surface area (Å²) in [6.45, 7) is 4.04. The highest BCUT2D eigenvalue weighted by molar-refractivity contribution is 7.99. The molecule has 0 aromatic heterocycles. The zero-order valence-corrected chi connectivity index (χ0v) is 12.4. The van der Waals surface area contributed by atoms with E-state index in [1.165, 1.54) is 0 Å². The Balaban J connectivity index is 1.67. The predicted molar refractivity (Wildman–Crippen MR) is 75.5 cm³/mol. The number of rotatable bonds is 2. The third-order valence-electron chi connectivity index (χ3n) is 3.33. The predicted octanol–water partition coefficient (Wildman–Crippen LogP) is 2.61. The van der Waals surface area contributed by atoms with Crippen LogP contribution in [-0.2, 0) is 19.0 Å². The van der Waals surface area contributed by atoms with Crippen LogP contribution in [0.4, 0.5) is 0 Å². The molecule has 2 heterocycles. The van der Waals surface area contributed by atoms with Gasteiger partial charge in [0.1, 0.15) is 17.6 Å². The van der Waals surface area contributed by atoms with Crippen LogP contribution in [0.5, 0.6) is 0 Å². The van der Waals surface area contributed by atoms with Crippen molar-refractivity contribution in [1.29, 1.82) is 0 Å². The van der Waals surface area contributed by atoms with E-state index in [0.29, 0.717) is 13.0 Å². The number of ether oxygens (including phenoxy) is 3. The van der Waals surface area contributed by atoms with Gasteiger partial charge in [0.2, 0.25) is 0 Å². The quantitative estimate of drug-likeness (QED) is 0.839. The first-order valence-corrected chi connectivity index (χ1v) is 7.63. The molecule has 1 aromatic rings. The van der Waals surface area contributed by atoms with E-state index in [1.54, 1.807) is 11.8 Å². The normalized spacial score (nSPS) is 32.7. The van der Waals surface area contributed by atoms with Crippen LogP contribution in [-0.4, -0.2) is 35.8 Å². The molecule has 0 unspecified atom stereocenters. The van der Waals surface area contributed by atoms with Gasteiger partial charge in [0, 0.05) is 11.3 Å². The van der Waals surface area contributed by atoms with Gasteiger partial charge in [-0.1, -0.05) is 30.0 Å². The summed E-state index contributed by atoms with van der Waals surface area (Å²) in [5.41, 5.74) is -0.175. The Hall–Kier alpha value is -0.880. The van der Waals surface area contributed by atoms with Crippen LogP contribution in [0.1, 0.15) is 20.3 Å². The van der Waals surface area contributed by atoms with E-state index in [4.69, 9.17) is 14.2 Å². The van der Waals surface area contributed by atoms with Crippen LogP contribution in [0, 0.1) is 0 Å². The number of hydrogen-bond acceptors (Lipinski definition) is 5. The van der Waals surface area contributed by atoms with Crippen molar-refractivity contribution in [3.05, 3.63) is 30.3 Å². The largest absolute Gasteiger partial charge is 0.364 e. The highest BCUT2D eigenvalue weighted by Gasteiger charge is 2.47. The summed E-state index contributed by atoms with van der Waals surface area (Å²) in [5, 5.41) is 0. The number of carbonyl (C=O) groups excluding carboxylic acids is 1. The third-order valence-corrected chi connectivity index (χ3v) is 4.44. The van der Waals surface area contributed by atoms with E-state index in [2.05, 4.69) is 0 Å². The summed E-state index contributed by atoms with van der Waals surface area (Å²) in [7, 11) is 0. The van der Waals surface area contributed by atoms with Gasteiger partial charge in [0.05, 0.1) is 6.61 Å². The van der Waals surface area contributed by atoms with Crippen molar-refractivity contribution in [2.75, 3.05) is 6.61 Å². The number of carbonyl (C=O) groups is 1. The molecule has 2 aliphatic rings. The Morgan fingerprint density at radius 1 is 1.20 bits per heavy atom. The fourth-order valence-corrected chi connectivity index (χ4v) is 3.51. The van der Waals surface area contributed by atoms with E-state index in [-0.39, 0.29) is 17.3 Å². The van der Waals surface area contributed by atoms with Crippen molar-refractivity contribution in [2.45, 2.75) is 48.6 Å². The summed E-state index contributed by atoms with van der Waals surface area (Å²) in [4.78, 5) is 13.4. The SMILES string of the molecule is CC1(C)O[C@@H]2CO[C@H](Sc3ccccc3)CC(=O)[C@@H]2O1. The summed E-state index contributed by atoms with van der Waals surface area (Å²) in [6, 6.07) is 9.95. The molecule has 4 nitrogen and oxygen atoms in total. The van der Waals surface area contributed by atoms with Gasteiger partial charge in [-0.2, -0.15) is 0 Å². The molecule has 5 heteroatoms. The summed E-state index contributed by atoms with van der Waals surface area (Å²) >= 11 is 1.57. The number of benzene rings is 1. The topological polar surface area (TPSA) is 44.8 Å². The first-order valence-electron chi connectivity index (χ1n) is 6.75. The van der Waals surface area contributed by atoms with Crippen LogP contribution in [0.2, 0.25) is 0 Å². The Bertz CT molecular complexity index is 488. The van der Waals surface area contributed by atoms with Gasteiger partial charge in [-0.25, -0.2) is 0 Å². The van der Waals surface area contributed by atoms with Gasteiger partial charge >= 0.3 is 0 Å². The molecular weight excluding hydrogens is 276 g/mol. The minimum atomic E-state index is -0.701. The molecule has 0 radical (unpaired) electrons. The fraction of sp³-hybridized carbons (Fsp3) is 0.533. The molecule has 0 bridgehead atoms. The number of thioether (sulfide) groups is 1. The maximum atomic E-state index is 12.3. The lowest BCUT2D eigenvalue weighted by Gasteiger charge is -2.19. The van der Waals surface area contributed by atoms with E-state index in [0.717, 1.165) is 4.90 Å². The molecule has 108 valence electrons. The van der Waals surface area contributed by atoms with E-state index < -0.39 is 11.9 Å². The maximum Gasteiger partial charge on any atom is 0.167 e. The van der Waals surface area contributed by atoms with Crippen molar-refractivity contribution < 1.29 is 19.0 Å². The highest BCUT2D eigenvalue weighted by Crippen LogP contribution is 2.35. The van der Waals surface area contributed by atoms with Crippen molar-refractivity contribution in [3.8, 4) is 0 Å². The van der Waals surface area contributed by atoms with Gasteiger partial charge < -0.3 is 14.2 Å². The standard InChI is InChI=1S/C15H18O4S/c1-15(2)18-12-9-17-13(8-11(16)14(12)19-15)20-10-6-4-3-5-7-10/h3-7,12-14H,8-9H2,1-2H3/t12-,13-,14+/m1/s1. The van der Waals surface area contributed by atoms with Gasteiger partial charge in [0.25, 0.3) is 0 Å². The van der Waals surface area contributed by atoms with E-state index in [9.17, 15) is 4.79 Å². The summed E-state index contributed by atoms with van der Waals surface area (Å²) < 4.78 is 17.2. The number of ketones is 1. The van der Waals surface area contributed by atoms with Gasteiger partial charge in [-0.3, -0.25) is 4.79 Å². The average Bonchev–Trinajstić information content (AvgIpc) is 2.65. The Morgan fingerprint density at radius 2 is 1.95 bits per heavy atom. The lowest BCUT2D eigenvalue weighted by molar-refractivity contribution is -0.160. The van der Waals surface area contributed by atoms with Crippen LogP contribution >= 0.6 is 11.8 Å². The monoisotopic (exact) mass is 294 g/mol. The molecule has 2 aliphatic heterocycles. The molecule has 0 spiro atoms. The zero-order valence-electron chi connectivity index (χ0n) is 11.6. The van der Waals surface area contributed by atoms with Crippen molar-refractivity contribution >= 4 is 17.5 Å². The lowest BCUT2D eigenvalue weighted by atomic mass is 10.1. The van der Waals surface area contributed by atoms with Gasteiger partial charge in [-0.05, 0) is 26.0 Å². The van der Waals surface area contributed by atoms with E-state index in [1.807, 2.05) is 44.2 Å². The molecule has 0 amide bonds. The molecule has 1 aromatic carbocycles. The van der Waals surface area contributed by atoms with Crippen molar-refractivity contribution in [2.24, 2.45) is 0 Å². The molecule has 0 saturated carbocycles. The van der Waals surface area contributed by atoms with Crippen molar-refractivity contribution in [3.63, 3.8) is 0 Å². The second-order valence-electron chi connectivity index (χ2n) is 5.46. The zero-order chi connectivity index (χ0) is 14.2. The number of Topliss-reactive ketones (excluding diaryl/α,β-unsaturated/α-hetero) is 1. The maximum absolute atomic E-state index is 12.3. The molecule has 2 saturated heterocycles.